The summed E-state index contributed by atoms with van der Waals surface area (Å²) in [7, 11) is 1.67. The highest BCUT2D eigenvalue weighted by molar-refractivity contribution is 7.22. The number of ether oxygens (including phenoxy) is 1. The number of amides is 2. The van der Waals surface area contributed by atoms with Crippen molar-refractivity contribution in [3.8, 4) is 16.3 Å². The summed E-state index contributed by atoms with van der Waals surface area (Å²) < 4.78 is 9.43. The highest BCUT2D eigenvalue weighted by Crippen LogP contribution is 2.47. The van der Waals surface area contributed by atoms with E-state index in [1.165, 1.54) is 39.9 Å². The smallest absolute Gasteiger partial charge is 0.408 e. The molecule has 7 rings (SSSR count). The van der Waals surface area contributed by atoms with Gasteiger partial charge in [0, 0.05) is 45.2 Å². The number of carbonyl (C=O) groups excluding carboxylic acids is 1. The number of nitrogens with zero attached hydrogens (tertiary/aromatic N) is 3. The Labute approximate surface area is 250 Å². The zero-order chi connectivity index (χ0) is 29.5. The van der Waals surface area contributed by atoms with Gasteiger partial charge in [0.15, 0.2) is 0 Å². The van der Waals surface area contributed by atoms with Gasteiger partial charge < -0.3 is 19.3 Å². The summed E-state index contributed by atoms with van der Waals surface area (Å²) in [6, 6.07) is 14.5. The lowest BCUT2D eigenvalue weighted by Crippen LogP contribution is -2.55. The Morgan fingerprint density at radius 1 is 1.10 bits per heavy atom. The molecule has 3 atom stereocenters. The van der Waals surface area contributed by atoms with Gasteiger partial charge in [-0.2, -0.15) is 0 Å². The Hall–Kier alpha value is -3.52. The van der Waals surface area contributed by atoms with Crippen LogP contribution in [-0.2, 0) is 6.54 Å². The Bertz CT molecular complexity index is 1730. The summed E-state index contributed by atoms with van der Waals surface area (Å²) in [5.74, 6) is 1.57. The summed E-state index contributed by atoms with van der Waals surface area (Å²) in [4.78, 5) is 31.2. The predicted octanol–water partition coefficient (Wildman–Crippen LogP) is 7.63. The molecule has 2 aromatic carbocycles. The second-order valence-electron chi connectivity index (χ2n) is 13.4. The van der Waals surface area contributed by atoms with Crippen LogP contribution in [0.2, 0.25) is 0 Å². The van der Waals surface area contributed by atoms with Crippen LogP contribution in [0.15, 0.2) is 42.5 Å². The van der Waals surface area contributed by atoms with Gasteiger partial charge in [0.2, 0.25) is 0 Å². The van der Waals surface area contributed by atoms with E-state index < -0.39 is 11.6 Å². The molecular formula is C34H39N3O4S. The van der Waals surface area contributed by atoms with E-state index in [-0.39, 0.29) is 23.9 Å². The molecule has 3 aliphatic rings. The Kier molecular flexibility index (Phi) is 6.35. The molecule has 2 amide bonds. The molecule has 2 saturated carbocycles. The number of piperidine rings is 1. The molecule has 42 heavy (non-hydrogen) atoms. The molecule has 2 aromatic heterocycles. The molecule has 2 bridgehead atoms. The van der Waals surface area contributed by atoms with E-state index >= 15 is 0 Å². The number of benzene rings is 2. The number of para-hydroxylation sites is 1. The quantitative estimate of drug-likeness (QED) is 0.252. The lowest BCUT2D eigenvalue weighted by Gasteiger charge is -2.40. The van der Waals surface area contributed by atoms with Gasteiger partial charge in [0.25, 0.3) is 5.91 Å². The molecule has 4 aromatic rings. The van der Waals surface area contributed by atoms with Crippen LogP contribution in [0.5, 0.6) is 5.75 Å². The average molecular weight is 586 g/mol. The van der Waals surface area contributed by atoms with E-state index in [2.05, 4.69) is 41.8 Å². The molecule has 1 N–H and O–H groups in total. The van der Waals surface area contributed by atoms with Crippen molar-refractivity contribution in [2.45, 2.75) is 77.5 Å². The summed E-state index contributed by atoms with van der Waals surface area (Å²) >= 11 is 1.73. The van der Waals surface area contributed by atoms with Crippen molar-refractivity contribution in [3.63, 3.8) is 0 Å². The fraction of sp³-hybridized carbons (Fsp3) is 0.471. The van der Waals surface area contributed by atoms with Crippen LogP contribution in [0.3, 0.4) is 0 Å². The zero-order valence-corrected chi connectivity index (χ0v) is 25.8. The number of rotatable bonds is 6. The topological polar surface area (TPSA) is 75.0 Å². The highest BCUT2D eigenvalue weighted by atomic mass is 32.1. The van der Waals surface area contributed by atoms with Crippen molar-refractivity contribution in [2.75, 3.05) is 13.7 Å². The number of hydrogen-bond acceptors (Lipinski definition) is 4. The van der Waals surface area contributed by atoms with Crippen molar-refractivity contribution in [2.24, 2.45) is 11.8 Å². The van der Waals surface area contributed by atoms with E-state index in [0.29, 0.717) is 17.9 Å². The van der Waals surface area contributed by atoms with Crippen molar-refractivity contribution in [1.82, 2.24) is 14.4 Å². The van der Waals surface area contributed by atoms with Crippen LogP contribution in [-0.4, -0.2) is 62.8 Å². The fourth-order valence-electron chi connectivity index (χ4n) is 7.63. The van der Waals surface area contributed by atoms with Gasteiger partial charge in [-0.05, 0) is 95.0 Å². The van der Waals surface area contributed by atoms with E-state index in [4.69, 9.17) is 4.74 Å². The van der Waals surface area contributed by atoms with Crippen molar-refractivity contribution in [3.05, 3.63) is 53.6 Å². The molecule has 0 spiro atoms. The lowest BCUT2D eigenvalue weighted by atomic mass is 9.98. The van der Waals surface area contributed by atoms with Crippen LogP contribution in [0.4, 0.5) is 4.79 Å². The van der Waals surface area contributed by atoms with Gasteiger partial charge >= 0.3 is 6.09 Å². The third kappa shape index (κ3) is 4.29. The molecule has 1 aliphatic heterocycles. The van der Waals surface area contributed by atoms with Gasteiger partial charge in [0.1, 0.15) is 5.75 Å². The molecule has 1 saturated heterocycles. The summed E-state index contributed by atoms with van der Waals surface area (Å²) in [5, 5.41) is 12.4. The molecule has 8 heteroatoms. The first-order valence-electron chi connectivity index (χ1n) is 15.1. The molecule has 220 valence electrons. The molecule has 3 fully saturated rings. The molecule has 2 unspecified atom stereocenters. The van der Waals surface area contributed by atoms with Gasteiger partial charge in [-0.15, -0.1) is 11.3 Å². The number of hydrogen-bond donors (Lipinski definition) is 1. The standard InChI is InChI=1S/C34H39N3O4S/c1-19-29-27(41-5)15-23(32(38)36-18-22-12-13-25(36)30(22)37(33(39)40)34(2,3)4)16-28(29)42-31(19)26-14-21-8-6-7-9-24(21)35(26)17-20-10-11-20/h6-9,14-16,20,22,25,30H,10-13,17-18H2,1-5H3,(H,39,40)/t22?,25?,30-/m1/s1. The minimum atomic E-state index is -0.914. The van der Waals surface area contributed by atoms with Gasteiger partial charge in [-0.3, -0.25) is 9.69 Å². The minimum absolute atomic E-state index is 0.0397. The Morgan fingerprint density at radius 2 is 1.86 bits per heavy atom. The van der Waals surface area contributed by atoms with E-state index in [0.717, 1.165) is 35.4 Å². The van der Waals surface area contributed by atoms with E-state index in [1.807, 2.05) is 37.8 Å². The number of aromatic nitrogens is 1. The van der Waals surface area contributed by atoms with Crippen LogP contribution in [0.1, 0.15) is 62.4 Å². The zero-order valence-electron chi connectivity index (χ0n) is 25.0. The molecule has 2 aliphatic carbocycles. The monoisotopic (exact) mass is 585 g/mol. The van der Waals surface area contributed by atoms with Gasteiger partial charge in [-0.1, -0.05) is 18.2 Å². The first kappa shape index (κ1) is 27.3. The van der Waals surface area contributed by atoms with Crippen LogP contribution in [0, 0.1) is 18.8 Å². The van der Waals surface area contributed by atoms with Gasteiger partial charge in [0.05, 0.1) is 29.8 Å². The second kappa shape index (κ2) is 9.76. The predicted molar refractivity (Wildman–Crippen MR) is 168 cm³/mol. The van der Waals surface area contributed by atoms with Crippen LogP contribution < -0.4 is 4.74 Å². The highest BCUT2D eigenvalue weighted by Gasteiger charge is 2.54. The van der Waals surface area contributed by atoms with Crippen molar-refractivity contribution < 1.29 is 19.4 Å². The third-order valence-corrected chi connectivity index (χ3v) is 10.9. The molecule has 3 heterocycles. The summed E-state index contributed by atoms with van der Waals surface area (Å²) in [5.41, 5.74) is 3.74. The first-order valence-corrected chi connectivity index (χ1v) is 15.9. The van der Waals surface area contributed by atoms with Crippen molar-refractivity contribution in [1.29, 1.82) is 0 Å². The normalized spacial score (nSPS) is 21.9. The van der Waals surface area contributed by atoms with Crippen molar-refractivity contribution >= 4 is 44.3 Å². The largest absolute Gasteiger partial charge is 0.496 e. The van der Waals surface area contributed by atoms with Crippen LogP contribution >= 0.6 is 11.3 Å². The van der Waals surface area contributed by atoms with Crippen LogP contribution in [0.25, 0.3) is 31.6 Å². The Morgan fingerprint density at radius 3 is 2.55 bits per heavy atom. The van der Waals surface area contributed by atoms with Gasteiger partial charge in [-0.25, -0.2) is 4.79 Å². The maximum absolute atomic E-state index is 14.1. The number of methoxy groups -OCH3 is 1. The molecular weight excluding hydrogens is 546 g/mol. The fourth-order valence-corrected chi connectivity index (χ4v) is 8.93. The lowest BCUT2D eigenvalue weighted by molar-refractivity contribution is 0.0503. The molecule has 7 nitrogen and oxygen atoms in total. The van der Waals surface area contributed by atoms with E-state index in [9.17, 15) is 14.7 Å². The molecule has 0 radical (unpaired) electrons. The maximum atomic E-state index is 14.1. The number of fused-ring (bicyclic) bond motifs is 4. The number of carboxylic acid groups (broad SMARTS) is 1. The second-order valence-corrected chi connectivity index (χ2v) is 14.5. The number of aryl methyl sites for hydroxylation is 1. The summed E-state index contributed by atoms with van der Waals surface area (Å²) in [6.45, 7) is 9.58. The summed E-state index contributed by atoms with van der Waals surface area (Å²) in [6.07, 6.45) is 3.44. The Balaban J connectivity index is 1.27. The SMILES string of the molecule is COc1cc(C(=O)N2CC3CCC2[C@@H]3N(C(=O)O)C(C)(C)C)cc2sc(-c3cc4ccccc4n3CC3CC3)c(C)c12. The maximum Gasteiger partial charge on any atom is 0.408 e. The minimum Gasteiger partial charge on any atom is -0.496 e. The third-order valence-electron chi connectivity index (χ3n) is 9.67. The number of likely N-dealkylation sites (tertiary alicyclic amines) is 1. The number of thiophene rings is 1. The number of carbonyl (C=O) groups is 2. The van der Waals surface area contributed by atoms with E-state index in [1.54, 1.807) is 23.3 Å². The average Bonchev–Trinajstić information content (AvgIpc) is 3.27. The first-order chi connectivity index (χ1) is 20.1.